The molecule has 0 aliphatic heterocycles. The molecule has 5 heteroatoms. The average molecular weight is 219 g/mol. The van der Waals surface area contributed by atoms with Crippen LogP contribution in [0.4, 0.5) is 0 Å². The molecule has 0 saturated heterocycles. The zero-order valence-corrected chi connectivity index (χ0v) is 8.97. The summed E-state index contributed by atoms with van der Waals surface area (Å²) in [4.78, 5) is 4.22. The number of hydrogen-bond acceptors (Lipinski definition) is 5. The molecule has 1 aromatic heterocycles. The minimum absolute atomic E-state index is 0.0392. The molecule has 0 amide bonds. The van der Waals surface area contributed by atoms with Crippen LogP contribution in [0, 0.1) is 0 Å². The lowest BCUT2D eigenvalue weighted by molar-refractivity contribution is 0.282. The van der Waals surface area contributed by atoms with E-state index in [0.717, 1.165) is 11.1 Å². The van der Waals surface area contributed by atoms with Crippen molar-refractivity contribution in [2.24, 2.45) is 0 Å². The number of aliphatic hydroxyl groups is 1. The van der Waals surface area contributed by atoms with Crippen molar-refractivity contribution >= 4 is 0 Å². The van der Waals surface area contributed by atoms with E-state index in [0.29, 0.717) is 18.3 Å². The molecule has 16 heavy (non-hydrogen) atoms. The highest BCUT2D eigenvalue weighted by molar-refractivity contribution is 5.54. The largest absolute Gasteiger partial charge is 0.392 e. The van der Waals surface area contributed by atoms with E-state index in [1.807, 2.05) is 31.3 Å². The highest BCUT2D eigenvalue weighted by Crippen LogP contribution is 2.16. The molecule has 0 atom stereocenters. The standard InChI is InChI=1S/C11H13N3O2/c1-12-6-10-13-11(14-16-10)9-4-2-8(7-15)3-5-9/h2-5,12,15H,6-7H2,1H3. The number of nitrogens with zero attached hydrogens (tertiary/aromatic N) is 2. The highest BCUT2D eigenvalue weighted by atomic mass is 16.5. The molecule has 0 saturated carbocycles. The van der Waals surface area contributed by atoms with E-state index in [4.69, 9.17) is 9.63 Å². The first-order valence-electron chi connectivity index (χ1n) is 5.01. The summed E-state index contributed by atoms with van der Waals surface area (Å²) in [6.45, 7) is 0.596. The fraction of sp³-hybridized carbons (Fsp3) is 0.273. The summed E-state index contributed by atoms with van der Waals surface area (Å²) in [6, 6.07) is 7.39. The third kappa shape index (κ3) is 2.26. The van der Waals surface area contributed by atoms with Gasteiger partial charge in [-0.15, -0.1) is 0 Å². The van der Waals surface area contributed by atoms with Crippen LogP contribution in [0.2, 0.25) is 0 Å². The topological polar surface area (TPSA) is 71.2 Å². The summed E-state index contributed by atoms with van der Waals surface area (Å²) in [7, 11) is 1.82. The summed E-state index contributed by atoms with van der Waals surface area (Å²) < 4.78 is 5.04. The number of benzene rings is 1. The lowest BCUT2D eigenvalue weighted by atomic mass is 10.1. The van der Waals surface area contributed by atoms with Gasteiger partial charge >= 0.3 is 0 Å². The molecule has 0 fully saturated rings. The van der Waals surface area contributed by atoms with Gasteiger partial charge in [-0.3, -0.25) is 0 Å². The second kappa shape index (κ2) is 4.87. The highest BCUT2D eigenvalue weighted by Gasteiger charge is 2.07. The second-order valence-corrected chi connectivity index (χ2v) is 3.40. The Morgan fingerprint density at radius 1 is 1.31 bits per heavy atom. The molecule has 84 valence electrons. The summed E-state index contributed by atoms with van der Waals surface area (Å²) in [5.41, 5.74) is 1.74. The molecule has 0 bridgehead atoms. The Labute approximate surface area is 93.1 Å². The zero-order chi connectivity index (χ0) is 11.4. The minimum atomic E-state index is 0.0392. The number of aliphatic hydroxyl groups excluding tert-OH is 1. The summed E-state index contributed by atoms with van der Waals surface area (Å²) in [5, 5.41) is 15.7. The van der Waals surface area contributed by atoms with Crippen molar-refractivity contribution in [2.75, 3.05) is 7.05 Å². The monoisotopic (exact) mass is 219 g/mol. The first-order valence-corrected chi connectivity index (χ1v) is 5.01. The van der Waals surface area contributed by atoms with Crippen LogP contribution in [0.15, 0.2) is 28.8 Å². The minimum Gasteiger partial charge on any atom is -0.392 e. The molecular weight excluding hydrogens is 206 g/mol. The predicted octanol–water partition coefficient (Wildman–Crippen LogP) is 0.948. The van der Waals surface area contributed by atoms with Crippen LogP contribution in [0.25, 0.3) is 11.4 Å². The molecule has 2 N–H and O–H groups in total. The third-order valence-electron chi connectivity index (χ3n) is 2.19. The maximum absolute atomic E-state index is 8.92. The van der Waals surface area contributed by atoms with Gasteiger partial charge in [-0.2, -0.15) is 4.98 Å². The van der Waals surface area contributed by atoms with Crippen LogP contribution in [0.5, 0.6) is 0 Å². The van der Waals surface area contributed by atoms with Crippen molar-refractivity contribution < 1.29 is 9.63 Å². The van der Waals surface area contributed by atoms with Gasteiger partial charge in [0.1, 0.15) is 0 Å². The Kier molecular flexibility index (Phi) is 3.28. The molecule has 0 unspecified atom stereocenters. The van der Waals surface area contributed by atoms with Crippen molar-refractivity contribution in [1.29, 1.82) is 0 Å². The van der Waals surface area contributed by atoms with Crippen molar-refractivity contribution in [3.8, 4) is 11.4 Å². The fourth-order valence-corrected chi connectivity index (χ4v) is 1.35. The van der Waals surface area contributed by atoms with E-state index in [1.54, 1.807) is 0 Å². The Morgan fingerprint density at radius 2 is 2.06 bits per heavy atom. The molecule has 1 aromatic carbocycles. The lowest BCUT2D eigenvalue weighted by Gasteiger charge is -1.96. The predicted molar refractivity (Wildman–Crippen MR) is 58.4 cm³/mol. The third-order valence-corrected chi connectivity index (χ3v) is 2.19. The molecule has 0 spiro atoms. The number of nitrogens with one attached hydrogen (secondary N) is 1. The summed E-state index contributed by atoms with van der Waals surface area (Å²) in [6.07, 6.45) is 0. The summed E-state index contributed by atoms with van der Waals surface area (Å²) in [5.74, 6) is 1.12. The average Bonchev–Trinajstić information content (AvgIpc) is 2.78. The van der Waals surface area contributed by atoms with E-state index in [-0.39, 0.29) is 6.61 Å². The van der Waals surface area contributed by atoms with E-state index < -0.39 is 0 Å². The molecular formula is C11H13N3O2. The number of hydrogen-bond donors (Lipinski definition) is 2. The Balaban J connectivity index is 2.21. The van der Waals surface area contributed by atoms with Crippen molar-refractivity contribution in [3.05, 3.63) is 35.7 Å². The van der Waals surface area contributed by atoms with Crippen LogP contribution < -0.4 is 5.32 Å². The SMILES string of the molecule is CNCc1nc(-c2ccc(CO)cc2)no1. The maximum Gasteiger partial charge on any atom is 0.240 e. The van der Waals surface area contributed by atoms with Crippen LogP contribution in [0.1, 0.15) is 11.5 Å². The van der Waals surface area contributed by atoms with Gasteiger partial charge in [-0.05, 0) is 12.6 Å². The molecule has 0 radical (unpaired) electrons. The van der Waals surface area contributed by atoms with Crippen molar-refractivity contribution in [1.82, 2.24) is 15.5 Å². The van der Waals surface area contributed by atoms with Gasteiger partial charge in [-0.25, -0.2) is 0 Å². The van der Waals surface area contributed by atoms with Gasteiger partial charge < -0.3 is 14.9 Å². The molecule has 2 rings (SSSR count). The second-order valence-electron chi connectivity index (χ2n) is 3.40. The van der Waals surface area contributed by atoms with E-state index in [9.17, 15) is 0 Å². The van der Waals surface area contributed by atoms with Gasteiger partial charge in [-0.1, -0.05) is 29.4 Å². The quantitative estimate of drug-likeness (QED) is 0.801. The number of aromatic nitrogens is 2. The molecule has 0 aliphatic rings. The van der Waals surface area contributed by atoms with Crippen LogP contribution in [-0.4, -0.2) is 22.3 Å². The van der Waals surface area contributed by atoms with Gasteiger partial charge in [0.2, 0.25) is 11.7 Å². The molecule has 5 nitrogen and oxygen atoms in total. The van der Waals surface area contributed by atoms with Crippen molar-refractivity contribution in [2.45, 2.75) is 13.2 Å². The summed E-state index contributed by atoms with van der Waals surface area (Å²) >= 11 is 0. The van der Waals surface area contributed by atoms with E-state index >= 15 is 0 Å². The normalized spacial score (nSPS) is 10.6. The first-order chi connectivity index (χ1) is 7.83. The number of rotatable bonds is 4. The van der Waals surface area contributed by atoms with Crippen LogP contribution >= 0.6 is 0 Å². The Morgan fingerprint density at radius 3 is 2.69 bits per heavy atom. The van der Waals surface area contributed by atoms with E-state index in [1.165, 1.54) is 0 Å². The first kappa shape index (κ1) is 10.8. The van der Waals surface area contributed by atoms with E-state index in [2.05, 4.69) is 15.5 Å². The van der Waals surface area contributed by atoms with Gasteiger partial charge in [0, 0.05) is 5.56 Å². The van der Waals surface area contributed by atoms with Crippen LogP contribution in [0.3, 0.4) is 0 Å². The molecule has 1 heterocycles. The zero-order valence-electron chi connectivity index (χ0n) is 8.97. The van der Waals surface area contributed by atoms with Gasteiger partial charge in [0.15, 0.2) is 0 Å². The smallest absolute Gasteiger partial charge is 0.240 e. The van der Waals surface area contributed by atoms with Crippen molar-refractivity contribution in [3.63, 3.8) is 0 Å². The fourth-order valence-electron chi connectivity index (χ4n) is 1.35. The molecule has 2 aromatic rings. The van der Waals surface area contributed by atoms with Gasteiger partial charge in [0.25, 0.3) is 0 Å². The van der Waals surface area contributed by atoms with Gasteiger partial charge in [0.05, 0.1) is 13.2 Å². The Hall–Kier alpha value is -1.72. The maximum atomic E-state index is 8.92. The lowest BCUT2D eigenvalue weighted by Crippen LogP contribution is -2.04. The van der Waals surface area contributed by atoms with Crippen LogP contribution in [-0.2, 0) is 13.2 Å². The molecule has 0 aliphatic carbocycles. The Bertz CT molecular complexity index is 451.